The number of hydrogen-bond acceptors (Lipinski definition) is 4. The Morgan fingerprint density at radius 2 is 1.77 bits per heavy atom. The predicted octanol–water partition coefficient (Wildman–Crippen LogP) is 3.98. The molecule has 0 aliphatic carbocycles. The van der Waals surface area contributed by atoms with E-state index in [-0.39, 0.29) is 6.04 Å². The van der Waals surface area contributed by atoms with Crippen molar-refractivity contribution in [1.29, 1.82) is 0 Å². The average molecular weight is 425 g/mol. The van der Waals surface area contributed by atoms with E-state index in [9.17, 15) is 0 Å². The van der Waals surface area contributed by atoms with E-state index in [1.165, 1.54) is 16.8 Å². The van der Waals surface area contributed by atoms with Crippen LogP contribution >= 0.6 is 0 Å². The number of guanidine groups is 1. The number of ether oxygens (including phenoxy) is 2. The molecule has 2 N–H and O–H groups in total. The summed E-state index contributed by atoms with van der Waals surface area (Å²) in [5, 5.41) is 6.95. The average Bonchev–Trinajstić information content (AvgIpc) is 2.81. The molecule has 31 heavy (non-hydrogen) atoms. The SMILES string of the molecule is CN=C(NCc1ccccc1N1CCOCC1)NC(C)c1ccc(OCC(C)C)cc1. The molecule has 0 aromatic heterocycles. The van der Waals surface area contributed by atoms with Crippen molar-refractivity contribution in [3.05, 3.63) is 59.7 Å². The summed E-state index contributed by atoms with van der Waals surface area (Å²) in [6.45, 7) is 11.3. The smallest absolute Gasteiger partial charge is 0.191 e. The molecule has 6 nitrogen and oxygen atoms in total. The molecule has 1 unspecified atom stereocenters. The van der Waals surface area contributed by atoms with Crippen molar-refractivity contribution in [2.45, 2.75) is 33.4 Å². The van der Waals surface area contributed by atoms with Gasteiger partial charge in [-0.3, -0.25) is 4.99 Å². The number of hydrogen-bond donors (Lipinski definition) is 2. The van der Waals surface area contributed by atoms with Crippen LogP contribution in [0.25, 0.3) is 0 Å². The molecule has 168 valence electrons. The van der Waals surface area contributed by atoms with Crippen LogP contribution in [-0.4, -0.2) is 45.9 Å². The molecule has 0 radical (unpaired) electrons. The Morgan fingerprint density at radius 1 is 1.06 bits per heavy atom. The molecule has 0 amide bonds. The van der Waals surface area contributed by atoms with Gasteiger partial charge in [0.2, 0.25) is 0 Å². The number of nitrogens with zero attached hydrogens (tertiary/aromatic N) is 2. The molecule has 2 aromatic carbocycles. The highest BCUT2D eigenvalue weighted by molar-refractivity contribution is 5.80. The van der Waals surface area contributed by atoms with Gasteiger partial charge in [0, 0.05) is 32.4 Å². The molecule has 6 heteroatoms. The highest BCUT2D eigenvalue weighted by atomic mass is 16.5. The van der Waals surface area contributed by atoms with E-state index in [4.69, 9.17) is 9.47 Å². The molecule has 0 spiro atoms. The second kappa shape index (κ2) is 11.6. The van der Waals surface area contributed by atoms with Crippen LogP contribution in [0, 0.1) is 5.92 Å². The van der Waals surface area contributed by atoms with Crippen LogP contribution in [0.4, 0.5) is 5.69 Å². The molecular weight excluding hydrogens is 388 g/mol. The first kappa shape index (κ1) is 22.9. The lowest BCUT2D eigenvalue weighted by atomic mass is 10.1. The van der Waals surface area contributed by atoms with Gasteiger partial charge in [0.15, 0.2) is 5.96 Å². The minimum atomic E-state index is 0.125. The maximum atomic E-state index is 5.78. The summed E-state index contributed by atoms with van der Waals surface area (Å²) >= 11 is 0. The van der Waals surface area contributed by atoms with Gasteiger partial charge in [-0.15, -0.1) is 0 Å². The third kappa shape index (κ3) is 6.89. The Bertz CT molecular complexity index is 830. The normalized spacial score (nSPS) is 15.6. The minimum Gasteiger partial charge on any atom is -0.493 e. The Balaban J connectivity index is 1.56. The van der Waals surface area contributed by atoms with Crippen LogP contribution < -0.4 is 20.3 Å². The predicted molar refractivity (Wildman–Crippen MR) is 128 cm³/mol. The van der Waals surface area contributed by atoms with Crippen molar-refractivity contribution in [3.8, 4) is 5.75 Å². The summed E-state index contributed by atoms with van der Waals surface area (Å²) < 4.78 is 11.3. The van der Waals surface area contributed by atoms with Crippen LogP contribution in [0.15, 0.2) is 53.5 Å². The zero-order chi connectivity index (χ0) is 22.1. The summed E-state index contributed by atoms with van der Waals surface area (Å²) in [5.41, 5.74) is 3.71. The zero-order valence-corrected chi connectivity index (χ0v) is 19.2. The van der Waals surface area contributed by atoms with Crippen molar-refractivity contribution < 1.29 is 9.47 Å². The quantitative estimate of drug-likeness (QED) is 0.496. The highest BCUT2D eigenvalue weighted by Gasteiger charge is 2.15. The Labute approximate surface area is 186 Å². The van der Waals surface area contributed by atoms with Crippen molar-refractivity contribution in [2.75, 3.05) is 44.9 Å². The van der Waals surface area contributed by atoms with Gasteiger partial charge in [0.1, 0.15) is 5.75 Å². The van der Waals surface area contributed by atoms with Gasteiger partial charge < -0.3 is 25.0 Å². The zero-order valence-electron chi connectivity index (χ0n) is 19.2. The lowest BCUT2D eigenvalue weighted by molar-refractivity contribution is 0.122. The van der Waals surface area contributed by atoms with E-state index < -0.39 is 0 Å². The largest absolute Gasteiger partial charge is 0.493 e. The number of morpholine rings is 1. The summed E-state index contributed by atoms with van der Waals surface area (Å²) in [6, 6.07) is 16.9. The summed E-state index contributed by atoms with van der Waals surface area (Å²) in [6.07, 6.45) is 0. The van der Waals surface area contributed by atoms with Crippen LogP contribution in [0.3, 0.4) is 0 Å². The highest BCUT2D eigenvalue weighted by Crippen LogP contribution is 2.22. The first-order valence-electron chi connectivity index (χ1n) is 11.2. The molecule has 0 saturated carbocycles. The fourth-order valence-electron chi connectivity index (χ4n) is 3.55. The van der Waals surface area contributed by atoms with Gasteiger partial charge in [-0.25, -0.2) is 0 Å². The number of benzene rings is 2. The monoisotopic (exact) mass is 424 g/mol. The molecule has 1 aliphatic rings. The molecule has 0 bridgehead atoms. The van der Waals surface area contributed by atoms with Gasteiger partial charge in [0.25, 0.3) is 0 Å². The van der Waals surface area contributed by atoms with Crippen LogP contribution in [-0.2, 0) is 11.3 Å². The Hall–Kier alpha value is -2.73. The van der Waals surface area contributed by atoms with Crippen molar-refractivity contribution >= 4 is 11.6 Å². The van der Waals surface area contributed by atoms with E-state index in [0.29, 0.717) is 12.5 Å². The van der Waals surface area contributed by atoms with Crippen LogP contribution in [0.2, 0.25) is 0 Å². The summed E-state index contributed by atoms with van der Waals surface area (Å²) in [5.74, 6) is 2.21. The lowest BCUT2D eigenvalue weighted by Crippen LogP contribution is -2.39. The molecule has 1 fully saturated rings. The molecule has 3 rings (SSSR count). The van der Waals surface area contributed by atoms with Gasteiger partial charge in [-0.1, -0.05) is 44.2 Å². The fourth-order valence-corrected chi connectivity index (χ4v) is 3.55. The van der Waals surface area contributed by atoms with Crippen molar-refractivity contribution in [2.24, 2.45) is 10.9 Å². The van der Waals surface area contributed by atoms with Gasteiger partial charge >= 0.3 is 0 Å². The first-order valence-corrected chi connectivity index (χ1v) is 11.2. The van der Waals surface area contributed by atoms with E-state index >= 15 is 0 Å². The maximum absolute atomic E-state index is 5.78. The molecule has 1 heterocycles. The van der Waals surface area contributed by atoms with Crippen LogP contribution in [0.1, 0.15) is 37.9 Å². The number of rotatable bonds is 8. The number of nitrogens with one attached hydrogen (secondary N) is 2. The van der Waals surface area contributed by atoms with E-state index in [1.54, 1.807) is 7.05 Å². The standard InChI is InChI=1S/C25H36N4O2/c1-19(2)18-31-23-11-9-21(10-12-23)20(3)28-25(26-4)27-17-22-7-5-6-8-24(22)29-13-15-30-16-14-29/h5-12,19-20H,13-18H2,1-4H3,(H2,26,27,28). The Morgan fingerprint density at radius 3 is 2.45 bits per heavy atom. The molecule has 1 saturated heterocycles. The summed E-state index contributed by atoms with van der Waals surface area (Å²) in [4.78, 5) is 6.80. The van der Waals surface area contributed by atoms with Crippen molar-refractivity contribution in [1.82, 2.24) is 10.6 Å². The maximum Gasteiger partial charge on any atom is 0.191 e. The third-order valence-electron chi connectivity index (χ3n) is 5.33. The lowest BCUT2D eigenvalue weighted by Gasteiger charge is -2.30. The molecule has 2 aromatic rings. The molecular formula is C25H36N4O2. The fraction of sp³-hybridized carbons (Fsp3) is 0.480. The summed E-state index contributed by atoms with van der Waals surface area (Å²) in [7, 11) is 1.80. The third-order valence-corrected chi connectivity index (χ3v) is 5.33. The Kier molecular flexibility index (Phi) is 8.59. The second-order valence-corrected chi connectivity index (χ2v) is 8.29. The first-order chi connectivity index (χ1) is 15.1. The number of para-hydroxylation sites is 1. The van der Waals surface area contributed by atoms with Gasteiger partial charge in [0.05, 0.1) is 25.9 Å². The van der Waals surface area contributed by atoms with Crippen molar-refractivity contribution in [3.63, 3.8) is 0 Å². The van der Waals surface area contributed by atoms with Gasteiger partial charge in [-0.05, 0) is 42.2 Å². The van der Waals surface area contributed by atoms with E-state index in [1.807, 2.05) is 12.1 Å². The second-order valence-electron chi connectivity index (χ2n) is 8.29. The number of aliphatic imine (C=N–C) groups is 1. The van der Waals surface area contributed by atoms with Crippen LogP contribution in [0.5, 0.6) is 5.75 Å². The van der Waals surface area contributed by atoms with Gasteiger partial charge in [-0.2, -0.15) is 0 Å². The molecule has 1 atom stereocenters. The molecule has 1 aliphatic heterocycles. The van der Waals surface area contributed by atoms with E-state index in [0.717, 1.165) is 44.6 Å². The van der Waals surface area contributed by atoms with E-state index in [2.05, 4.69) is 77.7 Å². The minimum absolute atomic E-state index is 0.125. The number of anilines is 1. The topological polar surface area (TPSA) is 58.1 Å².